The minimum atomic E-state index is 0.00763. The summed E-state index contributed by atoms with van der Waals surface area (Å²) in [5, 5.41) is 8.17. The molecule has 0 fully saturated rings. The molecule has 0 aromatic heterocycles. The van der Waals surface area contributed by atoms with E-state index in [-0.39, 0.29) is 10.8 Å². The van der Waals surface area contributed by atoms with Crippen LogP contribution in [0.5, 0.6) is 0 Å². The second-order valence-corrected chi connectivity index (χ2v) is 20.4. The zero-order valence-electron chi connectivity index (χ0n) is 38.3. The van der Waals surface area contributed by atoms with Gasteiger partial charge in [-0.15, -0.1) is 0 Å². The molecule has 0 atom stereocenters. The van der Waals surface area contributed by atoms with Crippen LogP contribution in [0.25, 0.3) is 99.1 Å². The van der Waals surface area contributed by atoms with Gasteiger partial charge in [-0.05, 0) is 169 Å². The number of rotatable bonds is 6. The van der Waals surface area contributed by atoms with E-state index in [4.69, 9.17) is 0 Å². The van der Waals surface area contributed by atoms with E-state index >= 15 is 0 Å². The van der Waals surface area contributed by atoms with E-state index < -0.39 is 0 Å². The topological polar surface area (TPSA) is 0 Å². The Labute approximate surface area is 378 Å². The summed E-state index contributed by atoms with van der Waals surface area (Å²) in [6.07, 6.45) is 0. The van der Waals surface area contributed by atoms with Crippen molar-refractivity contribution in [1.82, 2.24) is 0 Å². The van der Waals surface area contributed by atoms with Gasteiger partial charge in [-0.25, -0.2) is 0 Å². The van der Waals surface area contributed by atoms with Crippen molar-refractivity contribution in [2.45, 2.75) is 78.1 Å². The summed E-state index contributed by atoms with van der Waals surface area (Å²) in [7, 11) is 0. The molecule has 0 heteroatoms. The van der Waals surface area contributed by atoms with Gasteiger partial charge < -0.3 is 0 Å². The Hall–Kier alpha value is -6.76. The van der Waals surface area contributed by atoms with E-state index in [9.17, 15) is 0 Å². The molecule has 0 nitrogen and oxygen atoms in total. The highest BCUT2D eigenvalue weighted by Gasteiger charge is 2.36. The lowest BCUT2D eigenvalue weighted by Gasteiger charge is -2.23. The van der Waals surface area contributed by atoms with Gasteiger partial charge in [-0.1, -0.05) is 201 Å². The van der Waals surface area contributed by atoms with Gasteiger partial charge in [0.05, 0.1) is 0 Å². The van der Waals surface area contributed by atoms with E-state index in [1.165, 1.54) is 132 Å². The van der Waals surface area contributed by atoms with Gasteiger partial charge >= 0.3 is 0 Å². The van der Waals surface area contributed by atoms with Crippen LogP contribution in [-0.4, -0.2) is 0 Å². The number of hydrogen-bond donors (Lipinski definition) is 0. The maximum Gasteiger partial charge on any atom is 0.0158 e. The zero-order chi connectivity index (χ0) is 43.8. The summed E-state index contributed by atoms with van der Waals surface area (Å²) in [4.78, 5) is 0. The highest BCUT2D eigenvalue weighted by atomic mass is 14.4. The largest absolute Gasteiger partial charge is 0.0619 e. The summed E-state index contributed by atoms with van der Waals surface area (Å²) in [6, 6.07) is 65.4. The van der Waals surface area contributed by atoms with Crippen LogP contribution in [-0.2, 0) is 10.8 Å². The zero-order valence-corrected chi connectivity index (χ0v) is 38.3. The Kier molecular flexibility index (Phi) is 8.42. The van der Waals surface area contributed by atoms with E-state index in [1.54, 1.807) is 0 Å². The Morgan fingerprint density at radius 2 is 0.609 bits per heavy atom. The van der Waals surface area contributed by atoms with Crippen LogP contribution in [0.4, 0.5) is 0 Å². The average molecular weight is 823 g/mol. The molecular weight excluding hydrogens is 769 g/mol. The molecule has 10 aromatic carbocycles. The second kappa shape index (κ2) is 13.9. The SMILES string of the molecule is CC(C)c1cc(-c2ccc(-c3ccc4c(c3)-c3ccccc3C4(C)C)cc2)c2ccc3c(C(C)C)cc(-c4ccc(-c5ccc6c(c5)-c5ccccc5C6(C)C)cc4)c4ccc1c2c43. The van der Waals surface area contributed by atoms with Crippen LogP contribution in [0.1, 0.15) is 101 Å². The lowest BCUT2D eigenvalue weighted by atomic mass is 9.80. The fourth-order valence-corrected chi connectivity index (χ4v) is 12.0. The summed E-state index contributed by atoms with van der Waals surface area (Å²) < 4.78 is 0. The molecular formula is C64H54. The maximum absolute atomic E-state index is 2.48. The van der Waals surface area contributed by atoms with Crippen LogP contribution in [0.15, 0.2) is 170 Å². The van der Waals surface area contributed by atoms with Gasteiger partial charge in [-0.3, -0.25) is 0 Å². The highest BCUT2D eigenvalue weighted by Crippen LogP contribution is 2.52. The standard InChI is InChI=1S/C64H54/c1-37(2)51-35-53(41-21-17-39(18-22-41)43-25-31-59-55(33-43)45-13-9-11-15-57(45)63(59,5)6)49-30-28-48-52(38(3)4)36-54(50-29-27-47(51)61(49)62(48)50)42-23-19-40(20-24-42)44-26-32-60-56(34-44)46-14-10-12-16-58(46)64(60,7)8/h9-38H,1-8H3. The molecule has 10 aromatic rings. The van der Waals surface area contributed by atoms with E-state index in [0.29, 0.717) is 11.8 Å². The molecule has 64 heavy (non-hydrogen) atoms. The summed E-state index contributed by atoms with van der Waals surface area (Å²) >= 11 is 0. The number of fused-ring (bicyclic) bond motifs is 6. The van der Waals surface area contributed by atoms with Crippen molar-refractivity contribution < 1.29 is 0 Å². The first-order chi connectivity index (χ1) is 30.9. The molecule has 0 radical (unpaired) electrons. The van der Waals surface area contributed by atoms with Crippen molar-refractivity contribution in [3.05, 3.63) is 203 Å². The van der Waals surface area contributed by atoms with Crippen LogP contribution in [0.3, 0.4) is 0 Å². The third-order valence-corrected chi connectivity index (χ3v) is 15.4. The first-order valence-corrected chi connectivity index (χ1v) is 23.4. The Balaban J connectivity index is 0.972. The Morgan fingerprint density at radius 1 is 0.281 bits per heavy atom. The molecule has 310 valence electrons. The predicted octanol–water partition coefficient (Wildman–Crippen LogP) is 18.1. The molecule has 2 aliphatic carbocycles. The van der Waals surface area contributed by atoms with Gasteiger partial charge in [0, 0.05) is 10.8 Å². The molecule has 2 aliphatic rings. The average Bonchev–Trinajstić information content (AvgIpc) is 3.69. The molecule has 0 N–H and O–H groups in total. The quantitative estimate of drug-likeness (QED) is 0.147. The van der Waals surface area contributed by atoms with Gasteiger partial charge in [0.25, 0.3) is 0 Å². The van der Waals surface area contributed by atoms with Crippen LogP contribution in [0.2, 0.25) is 0 Å². The van der Waals surface area contributed by atoms with Gasteiger partial charge in [-0.2, -0.15) is 0 Å². The monoisotopic (exact) mass is 822 g/mol. The summed E-state index contributed by atoms with van der Waals surface area (Å²) in [6.45, 7) is 18.8. The minimum Gasteiger partial charge on any atom is -0.0619 e. The Morgan fingerprint density at radius 3 is 1.00 bits per heavy atom. The third-order valence-electron chi connectivity index (χ3n) is 15.4. The van der Waals surface area contributed by atoms with Crippen LogP contribution < -0.4 is 0 Å². The molecule has 0 unspecified atom stereocenters. The lowest BCUT2D eigenvalue weighted by molar-refractivity contribution is 0.660. The van der Waals surface area contributed by atoms with Crippen molar-refractivity contribution >= 4 is 32.3 Å². The molecule has 0 spiro atoms. The summed E-state index contributed by atoms with van der Waals surface area (Å²) in [5.74, 6) is 0.743. The normalized spacial score (nSPS) is 14.5. The van der Waals surface area contributed by atoms with Gasteiger partial charge in [0.1, 0.15) is 0 Å². The van der Waals surface area contributed by atoms with E-state index in [2.05, 4.69) is 225 Å². The fraction of sp³-hybridized carbons (Fsp3) is 0.188. The van der Waals surface area contributed by atoms with Crippen molar-refractivity contribution in [2.75, 3.05) is 0 Å². The molecule has 0 heterocycles. The van der Waals surface area contributed by atoms with Crippen molar-refractivity contribution in [1.29, 1.82) is 0 Å². The molecule has 12 rings (SSSR count). The number of hydrogen-bond acceptors (Lipinski definition) is 0. The first kappa shape index (κ1) is 38.9. The predicted molar refractivity (Wildman–Crippen MR) is 275 cm³/mol. The minimum absolute atomic E-state index is 0.00763. The Bertz CT molecular complexity index is 3280. The van der Waals surface area contributed by atoms with Crippen LogP contribution >= 0.6 is 0 Å². The van der Waals surface area contributed by atoms with E-state index in [0.717, 1.165) is 0 Å². The first-order valence-electron chi connectivity index (χ1n) is 23.4. The molecule has 0 saturated heterocycles. The maximum atomic E-state index is 2.48. The molecule has 0 aliphatic heterocycles. The van der Waals surface area contributed by atoms with Gasteiger partial charge in [0.2, 0.25) is 0 Å². The second-order valence-electron chi connectivity index (χ2n) is 20.4. The molecule has 0 amide bonds. The fourth-order valence-electron chi connectivity index (χ4n) is 12.0. The summed E-state index contributed by atoms with van der Waals surface area (Å²) in [5.41, 5.74) is 24.1. The van der Waals surface area contributed by atoms with Crippen molar-refractivity contribution in [2.24, 2.45) is 0 Å². The molecule has 0 saturated carbocycles. The molecule has 0 bridgehead atoms. The van der Waals surface area contributed by atoms with Crippen molar-refractivity contribution in [3.8, 4) is 66.8 Å². The van der Waals surface area contributed by atoms with Gasteiger partial charge in [0.15, 0.2) is 0 Å². The third kappa shape index (κ3) is 5.54. The van der Waals surface area contributed by atoms with Crippen LogP contribution in [0, 0.1) is 0 Å². The lowest BCUT2D eigenvalue weighted by Crippen LogP contribution is -2.14. The van der Waals surface area contributed by atoms with E-state index in [1.807, 2.05) is 0 Å². The van der Waals surface area contributed by atoms with Crippen molar-refractivity contribution in [3.63, 3.8) is 0 Å². The smallest absolute Gasteiger partial charge is 0.0158 e. The highest BCUT2D eigenvalue weighted by molar-refractivity contribution is 6.29. The number of benzene rings is 10.